The molecule has 3 aromatic rings. The highest BCUT2D eigenvalue weighted by atomic mass is 32.1. The van der Waals surface area contributed by atoms with Crippen molar-refractivity contribution in [2.75, 3.05) is 10.6 Å². The first kappa shape index (κ1) is 25.6. The Hall–Kier alpha value is -3.06. The van der Waals surface area contributed by atoms with E-state index in [1.807, 2.05) is 29.6 Å². The summed E-state index contributed by atoms with van der Waals surface area (Å²) in [7, 11) is -2.25. The lowest BCUT2D eigenvalue weighted by Crippen LogP contribution is -2.27. The molecule has 178 valence electrons. The number of thiophene rings is 1. The maximum atomic E-state index is 13.0. The van der Waals surface area contributed by atoms with Crippen molar-refractivity contribution in [2.45, 2.75) is 45.4 Å². The highest BCUT2D eigenvalue weighted by Crippen LogP contribution is 2.32. The van der Waals surface area contributed by atoms with E-state index < -0.39 is 19.7 Å². The minimum absolute atomic E-state index is 0.344. The molecule has 0 saturated carbocycles. The largest absolute Gasteiger partial charge is 0.508 e. The molecule has 1 aromatic heterocycles. The van der Waals surface area contributed by atoms with Crippen LogP contribution in [0.5, 0.6) is 0 Å². The van der Waals surface area contributed by atoms with E-state index in [2.05, 4.69) is 10.6 Å². The lowest BCUT2D eigenvalue weighted by molar-refractivity contribution is 0.0635. The summed E-state index contributed by atoms with van der Waals surface area (Å²) in [6.45, 7) is 7.04. The van der Waals surface area contributed by atoms with E-state index in [0.29, 0.717) is 23.4 Å². The fraction of sp³-hybridized carbons (Fsp3) is 0.280. The number of hydrogen-bond donors (Lipinski definition) is 3. The van der Waals surface area contributed by atoms with Gasteiger partial charge in [0.1, 0.15) is 5.60 Å². The molecule has 0 spiro atoms. The van der Waals surface area contributed by atoms with Crippen molar-refractivity contribution >= 4 is 42.7 Å². The molecule has 0 saturated heterocycles. The van der Waals surface area contributed by atoms with Crippen LogP contribution in [-0.2, 0) is 15.7 Å². The van der Waals surface area contributed by atoms with Gasteiger partial charge >= 0.3 is 14.1 Å². The second-order valence-electron chi connectivity index (χ2n) is 8.87. The average molecular weight is 500 g/mol. The van der Waals surface area contributed by atoms with Gasteiger partial charge in [0, 0.05) is 16.9 Å². The van der Waals surface area contributed by atoms with Crippen LogP contribution in [0, 0.1) is 0 Å². The molecular weight excluding hydrogens is 471 g/mol. The number of anilines is 2. The van der Waals surface area contributed by atoms with Crippen molar-refractivity contribution < 1.29 is 23.8 Å². The normalized spacial score (nSPS) is 12.6. The van der Waals surface area contributed by atoms with Gasteiger partial charge in [0.25, 0.3) is 5.91 Å². The van der Waals surface area contributed by atoms with Crippen molar-refractivity contribution in [1.82, 2.24) is 0 Å². The molecule has 2 unspecified atom stereocenters. The van der Waals surface area contributed by atoms with E-state index in [4.69, 9.17) is 4.74 Å². The SMILES string of the molecule is CC(Cc1ccc(C(=O)Nc2cc(-c3cccs3)ccc2NC(=O)OC(C)(C)C)cc1)[P+](=O)O. The van der Waals surface area contributed by atoms with E-state index in [9.17, 15) is 19.0 Å². The van der Waals surface area contributed by atoms with Gasteiger partial charge in [-0.25, -0.2) is 4.79 Å². The summed E-state index contributed by atoms with van der Waals surface area (Å²) in [6.07, 6.45) is -0.173. The van der Waals surface area contributed by atoms with Gasteiger partial charge in [0.15, 0.2) is 5.66 Å². The number of hydrogen-bond acceptors (Lipinski definition) is 5. The third-order valence-corrected chi connectivity index (χ3v) is 6.69. The topological polar surface area (TPSA) is 105 Å². The maximum absolute atomic E-state index is 13.0. The van der Waals surface area contributed by atoms with E-state index in [1.54, 1.807) is 69.4 Å². The van der Waals surface area contributed by atoms with Crippen LogP contribution in [0.25, 0.3) is 10.4 Å². The molecule has 3 N–H and O–H groups in total. The molecule has 0 aliphatic carbocycles. The summed E-state index contributed by atoms with van der Waals surface area (Å²) >= 11 is 1.57. The lowest BCUT2D eigenvalue weighted by Gasteiger charge is -2.21. The number of benzene rings is 2. The first-order valence-corrected chi connectivity index (χ1v) is 12.9. The second kappa shape index (κ2) is 10.9. The van der Waals surface area contributed by atoms with Crippen molar-refractivity contribution in [3.63, 3.8) is 0 Å². The van der Waals surface area contributed by atoms with Crippen LogP contribution in [-0.4, -0.2) is 28.2 Å². The Labute approximate surface area is 204 Å². The van der Waals surface area contributed by atoms with E-state index >= 15 is 0 Å². The van der Waals surface area contributed by atoms with Crippen molar-refractivity contribution in [1.29, 1.82) is 0 Å². The smallest absolute Gasteiger partial charge is 0.444 e. The molecule has 2 atom stereocenters. The molecule has 2 amide bonds. The van der Waals surface area contributed by atoms with Crippen LogP contribution in [0.15, 0.2) is 60.0 Å². The fourth-order valence-corrected chi connectivity index (χ4v) is 4.26. The van der Waals surface area contributed by atoms with Crippen LogP contribution < -0.4 is 10.6 Å². The van der Waals surface area contributed by atoms with Gasteiger partial charge in [-0.15, -0.1) is 11.3 Å². The molecule has 1 heterocycles. The minimum Gasteiger partial charge on any atom is -0.444 e. The molecule has 9 heteroatoms. The van der Waals surface area contributed by atoms with Crippen LogP contribution in [0.3, 0.4) is 0 Å². The predicted molar refractivity (Wildman–Crippen MR) is 137 cm³/mol. The Balaban J connectivity index is 1.83. The highest BCUT2D eigenvalue weighted by Gasteiger charge is 2.23. The molecule has 0 fully saturated rings. The third kappa shape index (κ3) is 7.22. The zero-order chi connectivity index (χ0) is 24.9. The highest BCUT2D eigenvalue weighted by molar-refractivity contribution is 7.38. The summed E-state index contributed by atoms with van der Waals surface area (Å²) in [4.78, 5) is 35.6. The summed E-state index contributed by atoms with van der Waals surface area (Å²) < 4.78 is 16.6. The quantitative estimate of drug-likeness (QED) is 0.315. The number of amides is 2. The van der Waals surface area contributed by atoms with E-state index in [1.165, 1.54) is 0 Å². The summed E-state index contributed by atoms with van der Waals surface area (Å²) in [5.74, 6) is -0.344. The average Bonchev–Trinajstić information content (AvgIpc) is 3.29. The monoisotopic (exact) mass is 499 g/mol. The zero-order valence-corrected chi connectivity index (χ0v) is 21.2. The van der Waals surface area contributed by atoms with Gasteiger partial charge in [0.2, 0.25) is 0 Å². The van der Waals surface area contributed by atoms with Gasteiger partial charge in [0.05, 0.1) is 11.4 Å². The van der Waals surface area contributed by atoms with Gasteiger partial charge in [-0.3, -0.25) is 10.1 Å². The molecular formula is C25H28N2O5PS+. The third-order valence-electron chi connectivity index (χ3n) is 4.83. The van der Waals surface area contributed by atoms with Gasteiger partial charge < -0.3 is 10.1 Å². The van der Waals surface area contributed by atoms with Crippen LogP contribution >= 0.6 is 19.4 Å². The first-order valence-electron chi connectivity index (χ1n) is 10.8. The molecule has 7 nitrogen and oxygen atoms in total. The molecule has 0 bridgehead atoms. The van der Waals surface area contributed by atoms with Crippen LogP contribution in [0.4, 0.5) is 16.2 Å². The molecule has 2 aromatic carbocycles. The lowest BCUT2D eigenvalue weighted by atomic mass is 10.1. The number of carbonyl (C=O) groups is 2. The Kier molecular flexibility index (Phi) is 8.20. The second-order valence-corrected chi connectivity index (χ2v) is 11.3. The van der Waals surface area contributed by atoms with Crippen molar-refractivity contribution in [3.8, 4) is 10.4 Å². The Bertz CT molecular complexity index is 1170. The Morgan fingerprint density at radius 2 is 1.76 bits per heavy atom. The number of ether oxygens (including phenoxy) is 1. The Morgan fingerprint density at radius 3 is 2.35 bits per heavy atom. The van der Waals surface area contributed by atoms with E-state index in [-0.39, 0.29) is 11.6 Å². The number of rotatable bonds is 7. The molecule has 3 rings (SSSR count). The summed E-state index contributed by atoms with van der Waals surface area (Å²) in [5.41, 5.74) is 2.03. The van der Waals surface area contributed by atoms with E-state index in [0.717, 1.165) is 16.0 Å². The number of nitrogens with one attached hydrogen (secondary N) is 2. The van der Waals surface area contributed by atoms with Crippen LogP contribution in [0.1, 0.15) is 43.6 Å². The fourth-order valence-electron chi connectivity index (χ4n) is 3.17. The predicted octanol–water partition coefficient (Wildman–Crippen LogP) is 6.68. The standard InChI is InChI=1S/C25H27N2O5PS/c1-16(33(30)31)14-17-7-9-18(10-8-17)23(28)26-21-15-19(22-6-5-13-34-22)11-12-20(21)27-24(29)32-25(2,3)4/h5-13,15-16H,14H2,1-4H3,(H2-,26,27,28,29,30,31)/p+1. The number of carbonyl (C=O) groups excluding carboxylic acids is 2. The van der Waals surface area contributed by atoms with Gasteiger partial charge in [-0.2, -0.15) is 4.89 Å². The minimum atomic E-state index is -2.25. The molecule has 0 radical (unpaired) electrons. The summed E-state index contributed by atoms with van der Waals surface area (Å²) in [5, 5.41) is 7.57. The van der Waals surface area contributed by atoms with Gasteiger partial charge in [-0.05, 0) is 79.1 Å². The zero-order valence-electron chi connectivity index (χ0n) is 19.5. The maximum Gasteiger partial charge on any atom is 0.508 e. The van der Waals surface area contributed by atoms with Gasteiger partial charge in [-0.1, -0.05) is 24.3 Å². The van der Waals surface area contributed by atoms with Crippen LogP contribution in [0.2, 0.25) is 0 Å². The Morgan fingerprint density at radius 1 is 1.06 bits per heavy atom. The molecule has 0 aliphatic rings. The molecule has 34 heavy (non-hydrogen) atoms. The summed E-state index contributed by atoms with van der Waals surface area (Å²) in [6, 6.07) is 16.2. The van der Waals surface area contributed by atoms with Crippen molar-refractivity contribution in [2.24, 2.45) is 0 Å². The first-order chi connectivity index (χ1) is 16.0. The molecule has 0 aliphatic heterocycles. The van der Waals surface area contributed by atoms with Crippen molar-refractivity contribution in [3.05, 3.63) is 71.1 Å².